The van der Waals surface area contributed by atoms with E-state index in [1.165, 1.54) is 33.7 Å². The fourth-order valence-electron chi connectivity index (χ4n) is 4.05. The van der Waals surface area contributed by atoms with Gasteiger partial charge in [-0.25, -0.2) is 8.42 Å². The molecule has 0 aliphatic heterocycles. The summed E-state index contributed by atoms with van der Waals surface area (Å²) in [6.45, 7) is 0. The Labute approximate surface area is 249 Å². The molecule has 0 amide bonds. The van der Waals surface area contributed by atoms with E-state index in [0.717, 1.165) is 15.4 Å². The molecular formula is C31H22Cl3O2PS2. The molecule has 0 saturated carbocycles. The van der Waals surface area contributed by atoms with Crippen LogP contribution >= 0.6 is 54.5 Å². The predicted octanol–water partition coefficient (Wildman–Crippen LogP) is 8.53. The predicted molar refractivity (Wildman–Crippen MR) is 168 cm³/mol. The molecule has 8 heteroatoms. The molecule has 39 heavy (non-hydrogen) atoms. The van der Waals surface area contributed by atoms with Crippen LogP contribution in [0.15, 0.2) is 136 Å². The minimum absolute atomic E-state index is 0.0671. The number of hydrogen-bond donors (Lipinski definition) is 0. The van der Waals surface area contributed by atoms with Gasteiger partial charge in [0.25, 0.3) is 0 Å². The molecule has 0 spiro atoms. The monoisotopic (exact) mass is 626 g/mol. The van der Waals surface area contributed by atoms with E-state index in [-0.39, 0.29) is 10.6 Å². The summed E-state index contributed by atoms with van der Waals surface area (Å²) in [5.41, 5.74) is 0.740. The molecule has 0 radical (unpaired) electrons. The van der Waals surface area contributed by atoms with Gasteiger partial charge in [0.1, 0.15) is 0 Å². The van der Waals surface area contributed by atoms with Gasteiger partial charge in [0, 0.05) is 19.8 Å². The van der Waals surface area contributed by atoms with Gasteiger partial charge in [0.05, 0.1) is 15.7 Å². The number of rotatable bonds is 8. The van der Waals surface area contributed by atoms with Crippen LogP contribution in [0, 0.1) is 0 Å². The zero-order valence-electron chi connectivity index (χ0n) is 20.5. The second-order valence-electron chi connectivity index (χ2n) is 8.72. The first-order valence-corrected chi connectivity index (χ1v) is 16.9. The van der Waals surface area contributed by atoms with E-state index < -0.39 is 17.8 Å². The highest BCUT2D eigenvalue weighted by atomic mass is 35.5. The Hall–Kier alpha value is -2.30. The molecule has 5 rings (SSSR count). The molecule has 0 unspecified atom stereocenters. The van der Waals surface area contributed by atoms with E-state index >= 15 is 0 Å². The summed E-state index contributed by atoms with van der Waals surface area (Å²) in [5.74, 6) is -0.0671. The molecule has 0 bridgehead atoms. The SMILES string of the molecule is O=S(=O)(Cc1ccccc1)c1ccc(Sc2ccc(P(c3ccc(Cl)cc3)c3ccc(Cl)cc3)cc2)c(Cl)c1. The lowest BCUT2D eigenvalue weighted by Crippen LogP contribution is -2.20. The minimum Gasteiger partial charge on any atom is -0.223 e. The van der Waals surface area contributed by atoms with Crippen molar-refractivity contribution in [2.24, 2.45) is 0 Å². The molecule has 0 heterocycles. The van der Waals surface area contributed by atoms with Crippen LogP contribution in [-0.2, 0) is 15.6 Å². The molecule has 0 saturated heterocycles. The smallest absolute Gasteiger partial charge is 0.182 e. The van der Waals surface area contributed by atoms with Gasteiger partial charge >= 0.3 is 0 Å². The third-order valence-electron chi connectivity index (χ3n) is 5.95. The largest absolute Gasteiger partial charge is 0.223 e. The van der Waals surface area contributed by atoms with E-state index in [0.29, 0.717) is 15.1 Å². The molecule has 0 fully saturated rings. The topological polar surface area (TPSA) is 34.1 Å². The number of benzene rings is 5. The Bertz CT molecular complexity index is 1630. The van der Waals surface area contributed by atoms with Crippen molar-refractivity contribution in [3.8, 4) is 0 Å². The second kappa shape index (κ2) is 12.5. The highest BCUT2D eigenvalue weighted by Gasteiger charge is 2.19. The van der Waals surface area contributed by atoms with Gasteiger partial charge in [0.15, 0.2) is 9.84 Å². The van der Waals surface area contributed by atoms with Crippen LogP contribution in [0.25, 0.3) is 0 Å². The van der Waals surface area contributed by atoms with Crippen molar-refractivity contribution in [2.75, 3.05) is 0 Å². The van der Waals surface area contributed by atoms with Gasteiger partial charge in [-0.05, 0) is 84.0 Å². The zero-order valence-corrected chi connectivity index (χ0v) is 25.3. The molecule has 0 atom stereocenters. The van der Waals surface area contributed by atoms with E-state index in [4.69, 9.17) is 34.8 Å². The quantitative estimate of drug-likeness (QED) is 0.162. The summed E-state index contributed by atoms with van der Waals surface area (Å²) in [5, 5.41) is 5.37. The lowest BCUT2D eigenvalue weighted by atomic mass is 10.2. The molecule has 0 aliphatic rings. The number of sulfone groups is 1. The van der Waals surface area contributed by atoms with Gasteiger partial charge in [0.2, 0.25) is 0 Å². The lowest BCUT2D eigenvalue weighted by molar-refractivity contribution is 0.595. The summed E-state index contributed by atoms with van der Waals surface area (Å²) in [4.78, 5) is 2.01. The van der Waals surface area contributed by atoms with Crippen molar-refractivity contribution in [3.05, 3.63) is 142 Å². The fraction of sp³-hybridized carbons (Fsp3) is 0.0323. The Morgan fingerprint density at radius 3 is 1.64 bits per heavy atom. The molecule has 196 valence electrons. The normalized spacial score (nSPS) is 11.6. The van der Waals surface area contributed by atoms with Crippen LogP contribution in [0.2, 0.25) is 15.1 Å². The van der Waals surface area contributed by atoms with Crippen LogP contribution in [0.1, 0.15) is 5.56 Å². The average molecular weight is 628 g/mol. The van der Waals surface area contributed by atoms with Crippen molar-refractivity contribution in [1.82, 2.24) is 0 Å². The van der Waals surface area contributed by atoms with Crippen molar-refractivity contribution in [1.29, 1.82) is 0 Å². The molecule has 2 nitrogen and oxygen atoms in total. The molecule has 0 N–H and O–H groups in total. The van der Waals surface area contributed by atoms with Crippen molar-refractivity contribution >= 4 is 80.2 Å². The van der Waals surface area contributed by atoms with Crippen LogP contribution in [0.4, 0.5) is 0 Å². The van der Waals surface area contributed by atoms with Crippen LogP contribution in [-0.4, -0.2) is 8.42 Å². The maximum Gasteiger partial charge on any atom is 0.182 e. The number of halogens is 3. The van der Waals surface area contributed by atoms with Crippen LogP contribution in [0.3, 0.4) is 0 Å². The average Bonchev–Trinajstić information content (AvgIpc) is 2.93. The zero-order chi connectivity index (χ0) is 27.4. The summed E-state index contributed by atoms with van der Waals surface area (Å²) < 4.78 is 25.8. The summed E-state index contributed by atoms with van der Waals surface area (Å²) in [7, 11) is -4.31. The van der Waals surface area contributed by atoms with Crippen molar-refractivity contribution in [2.45, 2.75) is 20.4 Å². The summed E-state index contributed by atoms with van der Waals surface area (Å²) >= 11 is 20.4. The highest BCUT2D eigenvalue weighted by Crippen LogP contribution is 2.37. The van der Waals surface area contributed by atoms with Gasteiger partial charge in [-0.3, -0.25) is 0 Å². The van der Waals surface area contributed by atoms with E-state index in [2.05, 4.69) is 48.5 Å². The lowest BCUT2D eigenvalue weighted by Gasteiger charge is -2.20. The molecule has 5 aromatic rings. The second-order valence-corrected chi connectivity index (χ2v) is 15.3. The van der Waals surface area contributed by atoms with Crippen LogP contribution < -0.4 is 15.9 Å². The maximum atomic E-state index is 12.9. The van der Waals surface area contributed by atoms with Gasteiger partial charge in [-0.15, -0.1) is 0 Å². The molecule has 5 aromatic carbocycles. The highest BCUT2D eigenvalue weighted by molar-refractivity contribution is 7.99. The van der Waals surface area contributed by atoms with Crippen molar-refractivity contribution in [3.63, 3.8) is 0 Å². The third-order valence-corrected chi connectivity index (χ3v) is 12.1. The van der Waals surface area contributed by atoms with E-state index in [1.54, 1.807) is 24.3 Å². The Morgan fingerprint density at radius 2 is 1.13 bits per heavy atom. The first-order valence-electron chi connectivity index (χ1n) is 11.9. The fourth-order valence-corrected chi connectivity index (χ4v) is 9.09. The Balaban J connectivity index is 1.37. The van der Waals surface area contributed by atoms with Crippen molar-refractivity contribution < 1.29 is 8.42 Å². The first kappa shape index (κ1) is 28.2. The maximum absolute atomic E-state index is 12.9. The van der Waals surface area contributed by atoms with E-state index in [1.807, 2.05) is 42.5 Å². The molecular weight excluding hydrogens is 606 g/mol. The number of hydrogen-bond acceptors (Lipinski definition) is 3. The minimum atomic E-state index is -3.51. The standard InChI is InChI=1S/C31H22Cl3O2PS2/c32-23-6-10-25(11-7-23)37(26-12-8-24(33)9-13-26)27-14-16-28(17-15-27)38-31-19-18-29(20-30(31)34)39(35,36)21-22-4-2-1-3-5-22/h1-20H,21H2. The van der Waals surface area contributed by atoms with Gasteiger partial charge < -0.3 is 0 Å². The summed E-state index contributed by atoms with van der Waals surface area (Å²) in [6.07, 6.45) is 0. The Kier molecular flexibility index (Phi) is 9.03. The van der Waals surface area contributed by atoms with Crippen LogP contribution in [0.5, 0.6) is 0 Å². The third kappa shape index (κ3) is 7.08. The van der Waals surface area contributed by atoms with Gasteiger partial charge in [-0.1, -0.05) is 113 Å². The first-order chi connectivity index (χ1) is 18.8. The Morgan fingerprint density at radius 1 is 0.615 bits per heavy atom. The summed E-state index contributed by atoms with van der Waals surface area (Å²) in [6, 6.07) is 38.4. The van der Waals surface area contributed by atoms with E-state index in [9.17, 15) is 8.42 Å². The molecule has 0 aromatic heterocycles. The molecule has 0 aliphatic carbocycles. The van der Waals surface area contributed by atoms with Gasteiger partial charge in [-0.2, -0.15) is 0 Å².